The fourth-order valence-electron chi connectivity index (χ4n) is 2.13. The van der Waals surface area contributed by atoms with Crippen molar-refractivity contribution in [2.45, 2.75) is 20.3 Å². The number of esters is 1. The molecule has 0 fully saturated rings. The summed E-state index contributed by atoms with van der Waals surface area (Å²) in [6.07, 6.45) is 1.76. The lowest BCUT2D eigenvalue weighted by Gasteiger charge is -2.12. The molecule has 1 aromatic heterocycles. The number of hydrazone groups is 1. The van der Waals surface area contributed by atoms with Crippen molar-refractivity contribution in [1.29, 1.82) is 5.26 Å². The highest BCUT2D eigenvalue weighted by Gasteiger charge is 2.12. The number of benzene rings is 1. The summed E-state index contributed by atoms with van der Waals surface area (Å²) < 4.78 is 16.8. The summed E-state index contributed by atoms with van der Waals surface area (Å²) in [7, 11) is 0. The number of ether oxygens (including phenoxy) is 3. The number of hydrogen-bond acceptors (Lipinski definition) is 9. The Hall–Kier alpha value is -2.39. The predicted molar refractivity (Wildman–Crippen MR) is 115 cm³/mol. The van der Waals surface area contributed by atoms with Gasteiger partial charge in [0, 0.05) is 5.38 Å². The molecule has 10 heteroatoms. The molecule has 0 aliphatic rings. The molecule has 2 aromatic rings. The van der Waals surface area contributed by atoms with Crippen LogP contribution in [0.4, 0.5) is 5.13 Å². The Labute approximate surface area is 180 Å². The quantitative estimate of drug-likeness (QED) is 0.224. The number of nitriles is 1. The zero-order valence-electron chi connectivity index (χ0n) is 15.4. The topological polar surface area (TPSA) is 106 Å². The Morgan fingerprint density at radius 1 is 1.39 bits per heavy atom. The number of thiazole rings is 1. The van der Waals surface area contributed by atoms with E-state index in [1.807, 2.05) is 19.1 Å². The molecule has 0 amide bonds. The maximum atomic E-state index is 11.5. The van der Waals surface area contributed by atoms with Gasteiger partial charge in [-0.15, -0.1) is 11.3 Å². The Bertz CT molecular complexity index is 879. The zero-order valence-corrected chi connectivity index (χ0v) is 18.4. The van der Waals surface area contributed by atoms with Gasteiger partial charge in [0.15, 0.2) is 18.1 Å². The number of anilines is 1. The lowest BCUT2D eigenvalue weighted by molar-refractivity contribution is -0.142. The van der Waals surface area contributed by atoms with Crippen LogP contribution >= 0.6 is 33.9 Å². The third-order valence-corrected chi connectivity index (χ3v) is 4.77. The van der Waals surface area contributed by atoms with Crippen molar-refractivity contribution in [3.05, 3.63) is 32.3 Å². The normalized spacial score (nSPS) is 10.5. The van der Waals surface area contributed by atoms with Gasteiger partial charge in [0.2, 0.25) is 5.13 Å². The van der Waals surface area contributed by atoms with E-state index >= 15 is 0 Å². The molecule has 0 saturated heterocycles. The smallest absolute Gasteiger partial charge is 0.311 e. The molecule has 148 valence electrons. The lowest BCUT2D eigenvalue weighted by atomic mass is 10.2. The van der Waals surface area contributed by atoms with Crippen LogP contribution in [-0.2, 0) is 16.0 Å². The van der Waals surface area contributed by atoms with Crippen molar-refractivity contribution in [1.82, 2.24) is 4.98 Å². The number of halogens is 1. The number of nitrogens with zero attached hydrogens (tertiary/aromatic N) is 3. The molecule has 2 rings (SSSR count). The lowest BCUT2D eigenvalue weighted by Crippen LogP contribution is -2.07. The van der Waals surface area contributed by atoms with Gasteiger partial charge >= 0.3 is 5.97 Å². The molecular weight excluding hydrogens is 495 g/mol. The average molecular weight is 514 g/mol. The van der Waals surface area contributed by atoms with Gasteiger partial charge in [-0.25, -0.2) is 4.98 Å². The van der Waals surface area contributed by atoms with Gasteiger partial charge in [0.25, 0.3) is 0 Å². The molecule has 0 spiro atoms. The Kier molecular flexibility index (Phi) is 8.96. The summed E-state index contributed by atoms with van der Waals surface area (Å²) in [5, 5.41) is 15.3. The van der Waals surface area contributed by atoms with Crippen molar-refractivity contribution in [3.8, 4) is 17.6 Å². The van der Waals surface area contributed by atoms with E-state index < -0.39 is 0 Å². The van der Waals surface area contributed by atoms with Crippen LogP contribution in [0.15, 0.2) is 22.6 Å². The predicted octanol–water partition coefficient (Wildman–Crippen LogP) is 3.60. The third kappa shape index (κ3) is 6.65. The molecule has 0 aliphatic heterocycles. The standard InChI is InChI=1S/C18H19IN4O4S/c1-3-25-15-8-12(7-14(19)17(15)27-6-5-20)10-21-23-18-22-13(11-28-18)9-16(24)26-4-2/h7-8,10-11H,3-4,6,9H2,1-2H3,(H,22,23). The minimum Gasteiger partial charge on any atom is -0.490 e. The third-order valence-electron chi connectivity index (χ3n) is 3.17. The summed E-state index contributed by atoms with van der Waals surface area (Å²) in [6, 6.07) is 5.61. The van der Waals surface area contributed by atoms with Crippen molar-refractivity contribution in [3.63, 3.8) is 0 Å². The van der Waals surface area contributed by atoms with E-state index in [0.29, 0.717) is 35.5 Å². The van der Waals surface area contributed by atoms with Crippen LogP contribution in [0.2, 0.25) is 0 Å². The second-order valence-corrected chi connectivity index (χ2v) is 7.23. The number of nitrogens with one attached hydrogen (secondary N) is 1. The van der Waals surface area contributed by atoms with E-state index in [4.69, 9.17) is 19.5 Å². The first kappa shape index (κ1) is 21.9. The second kappa shape index (κ2) is 11.5. The first-order valence-corrected chi connectivity index (χ1v) is 10.4. The first-order valence-electron chi connectivity index (χ1n) is 8.42. The van der Waals surface area contributed by atoms with E-state index in [1.165, 1.54) is 11.3 Å². The number of hydrogen-bond donors (Lipinski definition) is 1. The Morgan fingerprint density at radius 2 is 2.21 bits per heavy atom. The second-order valence-electron chi connectivity index (χ2n) is 5.21. The van der Waals surface area contributed by atoms with Crippen LogP contribution in [0.5, 0.6) is 11.5 Å². The summed E-state index contributed by atoms with van der Waals surface area (Å²) in [6.45, 7) is 4.41. The molecule has 0 saturated carbocycles. The molecule has 0 radical (unpaired) electrons. The van der Waals surface area contributed by atoms with Gasteiger partial charge in [0.1, 0.15) is 6.07 Å². The van der Waals surface area contributed by atoms with Gasteiger partial charge in [-0.05, 0) is 54.1 Å². The maximum absolute atomic E-state index is 11.5. The highest BCUT2D eigenvalue weighted by atomic mass is 127. The van der Waals surface area contributed by atoms with Crippen LogP contribution in [0.1, 0.15) is 25.1 Å². The number of rotatable bonds is 10. The van der Waals surface area contributed by atoms with Crippen LogP contribution < -0.4 is 14.9 Å². The van der Waals surface area contributed by atoms with Gasteiger partial charge in [0.05, 0.1) is 35.1 Å². The van der Waals surface area contributed by atoms with Gasteiger partial charge in [-0.3, -0.25) is 10.2 Å². The molecule has 1 aromatic carbocycles. The summed E-state index contributed by atoms with van der Waals surface area (Å²) >= 11 is 3.47. The van der Waals surface area contributed by atoms with Gasteiger partial charge in [-0.2, -0.15) is 10.4 Å². The number of carbonyl (C=O) groups excluding carboxylic acids is 1. The number of aromatic nitrogens is 1. The monoisotopic (exact) mass is 514 g/mol. The van der Waals surface area contributed by atoms with Crippen molar-refractivity contribution in [2.24, 2.45) is 5.10 Å². The van der Waals surface area contributed by atoms with Crippen molar-refractivity contribution < 1.29 is 19.0 Å². The van der Waals surface area contributed by atoms with E-state index in [0.717, 1.165) is 9.13 Å². The summed E-state index contributed by atoms with van der Waals surface area (Å²) in [5.74, 6) is 0.786. The van der Waals surface area contributed by atoms with Crippen molar-refractivity contribution >= 4 is 51.2 Å². The maximum Gasteiger partial charge on any atom is 0.311 e. The molecule has 0 bridgehead atoms. The summed E-state index contributed by atoms with van der Waals surface area (Å²) in [5.41, 5.74) is 4.28. The van der Waals surface area contributed by atoms with Crippen molar-refractivity contribution in [2.75, 3.05) is 25.2 Å². The van der Waals surface area contributed by atoms with Gasteiger partial charge < -0.3 is 14.2 Å². The Morgan fingerprint density at radius 3 is 2.93 bits per heavy atom. The molecule has 28 heavy (non-hydrogen) atoms. The van der Waals surface area contributed by atoms with Gasteiger partial charge in [-0.1, -0.05) is 0 Å². The van der Waals surface area contributed by atoms with Crippen LogP contribution in [0, 0.1) is 14.9 Å². The fraction of sp³-hybridized carbons (Fsp3) is 0.333. The summed E-state index contributed by atoms with van der Waals surface area (Å²) in [4.78, 5) is 15.8. The van der Waals surface area contributed by atoms with E-state index in [9.17, 15) is 4.79 Å². The largest absolute Gasteiger partial charge is 0.490 e. The molecule has 1 N–H and O–H groups in total. The molecule has 0 aliphatic carbocycles. The fourth-order valence-corrected chi connectivity index (χ4v) is 3.57. The van der Waals surface area contributed by atoms with E-state index in [2.05, 4.69) is 38.1 Å². The SMILES string of the molecule is CCOC(=O)Cc1csc(NN=Cc2cc(I)c(OCC#N)c(OCC)c2)n1. The van der Waals surface area contributed by atoms with E-state index in [1.54, 1.807) is 24.6 Å². The highest BCUT2D eigenvalue weighted by Crippen LogP contribution is 2.33. The zero-order chi connectivity index (χ0) is 20.4. The number of carbonyl (C=O) groups is 1. The molecular formula is C18H19IN4O4S. The van der Waals surface area contributed by atoms with E-state index in [-0.39, 0.29) is 19.0 Å². The first-order chi connectivity index (χ1) is 13.6. The molecule has 0 unspecified atom stereocenters. The molecule has 0 atom stereocenters. The molecule has 1 heterocycles. The van der Waals surface area contributed by atoms with Crippen LogP contribution in [0.25, 0.3) is 0 Å². The average Bonchev–Trinajstić information content (AvgIpc) is 3.08. The Balaban J connectivity index is 2.05. The highest BCUT2D eigenvalue weighted by molar-refractivity contribution is 14.1. The minimum absolute atomic E-state index is 0.0523. The minimum atomic E-state index is -0.306. The van der Waals surface area contributed by atoms with Crippen LogP contribution in [0.3, 0.4) is 0 Å². The van der Waals surface area contributed by atoms with Crippen LogP contribution in [-0.4, -0.2) is 37.0 Å². The molecule has 8 nitrogen and oxygen atoms in total.